The van der Waals surface area contributed by atoms with Crippen LogP contribution in [0.2, 0.25) is 5.02 Å². The Kier molecular flexibility index (Phi) is 8.08. The van der Waals surface area contributed by atoms with Gasteiger partial charge in [-0.15, -0.1) is 0 Å². The predicted octanol–water partition coefficient (Wildman–Crippen LogP) is 4.95. The maximum Gasteiger partial charge on any atom is 0.241 e. The molecule has 0 heterocycles. The summed E-state index contributed by atoms with van der Waals surface area (Å²) in [6.45, 7) is 6.36. The van der Waals surface area contributed by atoms with Crippen LogP contribution in [0.5, 0.6) is 11.5 Å². The molecule has 1 amide bonds. The number of hydrogen-bond donors (Lipinski definition) is 2. The lowest BCUT2D eigenvalue weighted by atomic mass is 10.1. The number of halogens is 2. The second-order valence-corrected chi connectivity index (χ2v) is 6.89. The highest BCUT2D eigenvalue weighted by molar-refractivity contribution is 6.33. The molecule has 2 atom stereocenters. The summed E-state index contributed by atoms with van der Waals surface area (Å²) in [6.07, 6.45) is 0.910. The molecule has 0 saturated carbocycles. The Morgan fingerprint density at radius 2 is 1.93 bits per heavy atom. The molecule has 2 aromatic rings. The molecule has 0 aliphatic heterocycles. The molecule has 5 nitrogen and oxygen atoms in total. The number of rotatable bonds is 9. The highest BCUT2D eigenvalue weighted by Crippen LogP contribution is 2.30. The summed E-state index contributed by atoms with van der Waals surface area (Å²) in [7, 11) is 1.60. The average Bonchev–Trinajstić information content (AvgIpc) is 2.68. The van der Waals surface area contributed by atoms with Crippen LogP contribution in [0, 0.1) is 5.82 Å². The van der Waals surface area contributed by atoms with Gasteiger partial charge in [-0.3, -0.25) is 10.1 Å². The molecule has 0 radical (unpaired) electrons. The minimum Gasteiger partial charge on any atom is -0.493 e. The summed E-state index contributed by atoms with van der Waals surface area (Å²) in [5.74, 6) is 0.616. The van der Waals surface area contributed by atoms with Gasteiger partial charge in [-0.25, -0.2) is 4.39 Å². The summed E-state index contributed by atoms with van der Waals surface area (Å²) in [4.78, 5) is 12.4. The maximum absolute atomic E-state index is 13.1. The van der Waals surface area contributed by atoms with Gasteiger partial charge in [0, 0.05) is 6.04 Å². The smallest absolute Gasteiger partial charge is 0.241 e. The summed E-state index contributed by atoms with van der Waals surface area (Å²) < 4.78 is 24.2. The molecule has 7 heteroatoms. The SMILES string of the molecule is CCCOc1ccc(C(C)NC(C)C(=O)Nc2ccc(F)cc2Cl)cc1OC. The minimum atomic E-state index is -0.502. The topological polar surface area (TPSA) is 59.6 Å². The fourth-order valence-corrected chi connectivity index (χ4v) is 2.88. The molecule has 0 fully saturated rings. The second kappa shape index (κ2) is 10.3. The molecule has 2 rings (SSSR count). The quantitative estimate of drug-likeness (QED) is 0.616. The Morgan fingerprint density at radius 1 is 1.18 bits per heavy atom. The molecule has 2 unspecified atom stereocenters. The van der Waals surface area contributed by atoms with Crippen LogP contribution in [0.25, 0.3) is 0 Å². The molecule has 152 valence electrons. The molecule has 0 saturated heterocycles. The van der Waals surface area contributed by atoms with Gasteiger partial charge in [-0.2, -0.15) is 0 Å². The fraction of sp³-hybridized carbons (Fsp3) is 0.381. The molecule has 0 aromatic heterocycles. The average molecular weight is 409 g/mol. The molecule has 0 spiro atoms. The molecule has 0 aliphatic rings. The van der Waals surface area contributed by atoms with Crippen molar-refractivity contribution in [2.75, 3.05) is 19.0 Å². The Balaban J connectivity index is 2.02. The van der Waals surface area contributed by atoms with E-state index in [1.807, 2.05) is 32.0 Å². The van der Waals surface area contributed by atoms with Crippen LogP contribution in [0.15, 0.2) is 36.4 Å². The first kappa shape index (κ1) is 22.0. The third-order valence-corrected chi connectivity index (χ3v) is 4.54. The Morgan fingerprint density at radius 3 is 2.57 bits per heavy atom. The normalized spacial score (nSPS) is 12.9. The summed E-state index contributed by atoms with van der Waals surface area (Å²) in [5.41, 5.74) is 1.33. The van der Waals surface area contributed by atoms with E-state index >= 15 is 0 Å². The predicted molar refractivity (Wildman–Crippen MR) is 110 cm³/mol. The number of nitrogens with one attached hydrogen (secondary N) is 2. The van der Waals surface area contributed by atoms with E-state index in [1.165, 1.54) is 12.1 Å². The highest BCUT2D eigenvalue weighted by Gasteiger charge is 2.18. The van der Waals surface area contributed by atoms with Crippen molar-refractivity contribution in [1.29, 1.82) is 0 Å². The number of amides is 1. The van der Waals surface area contributed by atoms with Crippen molar-refractivity contribution in [3.8, 4) is 11.5 Å². The van der Waals surface area contributed by atoms with Gasteiger partial charge >= 0.3 is 0 Å². The molecule has 0 bridgehead atoms. The Hall–Kier alpha value is -2.31. The van der Waals surface area contributed by atoms with Gasteiger partial charge in [0.25, 0.3) is 0 Å². The lowest BCUT2D eigenvalue weighted by Gasteiger charge is -2.21. The summed E-state index contributed by atoms with van der Waals surface area (Å²) in [6, 6.07) is 8.92. The monoisotopic (exact) mass is 408 g/mol. The second-order valence-electron chi connectivity index (χ2n) is 6.48. The Labute approximate surface area is 170 Å². The van der Waals surface area contributed by atoms with Crippen LogP contribution >= 0.6 is 11.6 Å². The van der Waals surface area contributed by atoms with Crippen LogP contribution in [0.1, 0.15) is 38.8 Å². The first-order valence-electron chi connectivity index (χ1n) is 9.18. The summed E-state index contributed by atoms with van der Waals surface area (Å²) in [5, 5.41) is 6.09. The van der Waals surface area contributed by atoms with E-state index in [-0.39, 0.29) is 17.0 Å². The standard InChI is InChI=1S/C21H26ClFN2O3/c1-5-10-28-19-9-6-15(11-20(19)27-4)13(2)24-14(3)21(26)25-18-8-7-16(23)12-17(18)22/h6-9,11-14,24H,5,10H2,1-4H3,(H,25,26). The van der Waals surface area contributed by atoms with Gasteiger partial charge in [0.15, 0.2) is 11.5 Å². The van der Waals surface area contributed by atoms with Crippen molar-refractivity contribution >= 4 is 23.2 Å². The van der Waals surface area contributed by atoms with Crippen molar-refractivity contribution in [2.45, 2.75) is 39.3 Å². The first-order chi connectivity index (χ1) is 13.3. The number of carbonyl (C=O) groups excluding carboxylic acids is 1. The minimum absolute atomic E-state index is 0.112. The molecular formula is C21H26ClFN2O3. The number of methoxy groups -OCH3 is 1. The Bertz CT molecular complexity index is 816. The number of carbonyl (C=O) groups is 1. The highest BCUT2D eigenvalue weighted by atomic mass is 35.5. The van der Waals surface area contributed by atoms with Crippen LogP contribution < -0.4 is 20.1 Å². The van der Waals surface area contributed by atoms with Crippen molar-refractivity contribution in [3.63, 3.8) is 0 Å². The van der Waals surface area contributed by atoms with Gasteiger partial charge in [0.1, 0.15) is 5.82 Å². The zero-order chi connectivity index (χ0) is 20.7. The number of hydrogen-bond acceptors (Lipinski definition) is 4. The third kappa shape index (κ3) is 5.84. The zero-order valence-electron chi connectivity index (χ0n) is 16.5. The lowest BCUT2D eigenvalue weighted by molar-refractivity contribution is -0.117. The number of benzene rings is 2. The van der Waals surface area contributed by atoms with Gasteiger partial charge < -0.3 is 14.8 Å². The lowest BCUT2D eigenvalue weighted by Crippen LogP contribution is -2.39. The van der Waals surface area contributed by atoms with E-state index in [9.17, 15) is 9.18 Å². The van der Waals surface area contributed by atoms with Gasteiger partial charge in [-0.05, 0) is 56.2 Å². The van der Waals surface area contributed by atoms with Crippen LogP contribution in [0.4, 0.5) is 10.1 Å². The van der Waals surface area contributed by atoms with Gasteiger partial charge in [0.2, 0.25) is 5.91 Å². The fourth-order valence-electron chi connectivity index (χ4n) is 2.66. The maximum atomic E-state index is 13.1. The van der Waals surface area contributed by atoms with Gasteiger partial charge in [0.05, 0.1) is 30.5 Å². The van der Waals surface area contributed by atoms with Crippen molar-refractivity contribution in [2.24, 2.45) is 0 Å². The van der Waals surface area contributed by atoms with Crippen molar-refractivity contribution < 1.29 is 18.7 Å². The third-order valence-electron chi connectivity index (χ3n) is 4.23. The molecule has 2 N–H and O–H groups in total. The number of ether oxygens (including phenoxy) is 2. The van der Waals surface area contributed by atoms with Crippen LogP contribution in [-0.4, -0.2) is 25.7 Å². The first-order valence-corrected chi connectivity index (χ1v) is 9.56. The largest absolute Gasteiger partial charge is 0.493 e. The van der Waals surface area contributed by atoms with E-state index in [0.717, 1.165) is 18.1 Å². The van der Waals surface area contributed by atoms with Crippen molar-refractivity contribution in [1.82, 2.24) is 5.32 Å². The van der Waals surface area contributed by atoms with E-state index in [4.69, 9.17) is 21.1 Å². The molecule has 2 aromatic carbocycles. The molecular weight excluding hydrogens is 383 g/mol. The molecule has 0 aliphatic carbocycles. The summed E-state index contributed by atoms with van der Waals surface area (Å²) >= 11 is 5.96. The number of anilines is 1. The van der Waals surface area contributed by atoms with E-state index in [2.05, 4.69) is 10.6 Å². The van der Waals surface area contributed by atoms with Crippen LogP contribution in [-0.2, 0) is 4.79 Å². The van der Waals surface area contributed by atoms with Crippen LogP contribution in [0.3, 0.4) is 0 Å². The van der Waals surface area contributed by atoms with E-state index in [1.54, 1.807) is 14.0 Å². The van der Waals surface area contributed by atoms with E-state index < -0.39 is 11.9 Å². The van der Waals surface area contributed by atoms with Gasteiger partial charge in [-0.1, -0.05) is 24.6 Å². The molecule has 28 heavy (non-hydrogen) atoms. The zero-order valence-corrected chi connectivity index (χ0v) is 17.3. The van der Waals surface area contributed by atoms with E-state index in [0.29, 0.717) is 23.8 Å². The van der Waals surface area contributed by atoms with Crippen molar-refractivity contribution in [3.05, 3.63) is 52.8 Å².